The van der Waals surface area contributed by atoms with Crippen LogP contribution < -0.4 is 0 Å². The molecule has 3 rings (SSSR count). The molecule has 0 aromatic carbocycles. The molecule has 3 atom stereocenters. The standard InChI is InChI=1S/C17H20N4O2S/c1-15(2)13(22)21-12(11-6-5-7-19-8-11)16(3,10-18)9-17(21,24)14(23)20(15)4/h5-8,12,24H,9H2,1-4H3/t12-,16+,17-/m0/s1. The van der Waals surface area contributed by atoms with Gasteiger partial charge in [0.25, 0.3) is 5.91 Å². The van der Waals surface area contributed by atoms with Crippen LogP contribution in [0.2, 0.25) is 0 Å². The normalized spacial score (nSPS) is 34.9. The SMILES string of the molecule is CN1C(=O)[C@@]2(S)C[C@](C)(C#N)[C@H](c3cccnc3)N2C(=O)C1(C)C. The van der Waals surface area contributed by atoms with Crippen LogP contribution in [0.5, 0.6) is 0 Å². The third-order valence-corrected chi connectivity index (χ3v) is 5.92. The summed E-state index contributed by atoms with van der Waals surface area (Å²) in [5.41, 5.74) is -1.19. The highest BCUT2D eigenvalue weighted by atomic mass is 32.1. The number of rotatable bonds is 1. The zero-order valence-corrected chi connectivity index (χ0v) is 15.0. The van der Waals surface area contributed by atoms with Crippen LogP contribution in [0.4, 0.5) is 0 Å². The molecule has 0 spiro atoms. The van der Waals surface area contributed by atoms with Gasteiger partial charge < -0.3 is 9.80 Å². The maximum atomic E-state index is 13.2. The number of pyridine rings is 1. The Balaban J connectivity index is 2.24. The number of thiol groups is 1. The zero-order valence-electron chi connectivity index (χ0n) is 14.1. The van der Waals surface area contributed by atoms with E-state index in [4.69, 9.17) is 0 Å². The molecule has 0 N–H and O–H groups in total. The number of aromatic nitrogens is 1. The van der Waals surface area contributed by atoms with Crippen molar-refractivity contribution in [2.75, 3.05) is 7.05 Å². The molecule has 2 fully saturated rings. The first kappa shape index (κ1) is 16.8. The molecule has 0 unspecified atom stereocenters. The summed E-state index contributed by atoms with van der Waals surface area (Å²) in [4.78, 5) is 32.0. The Morgan fingerprint density at radius 1 is 1.33 bits per heavy atom. The van der Waals surface area contributed by atoms with Gasteiger partial charge in [-0.25, -0.2) is 0 Å². The van der Waals surface area contributed by atoms with E-state index >= 15 is 0 Å². The van der Waals surface area contributed by atoms with Gasteiger partial charge in [0, 0.05) is 25.9 Å². The quantitative estimate of drug-likeness (QED) is 0.788. The summed E-state index contributed by atoms with van der Waals surface area (Å²) in [7, 11) is 1.61. The van der Waals surface area contributed by atoms with Crippen molar-refractivity contribution in [3.63, 3.8) is 0 Å². The molecule has 2 aliphatic heterocycles. The lowest BCUT2D eigenvalue weighted by atomic mass is 9.80. The third kappa shape index (κ3) is 1.92. The number of likely N-dealkylation sites (N-methyl/N-ethyl adjacent to an activating group) is 1. The van der Waals surface area contributed by atoms with Gasteiger partial charge in [0.15, 0.2) is 4.87 Å². The lowest BCUT2D eigenvalue weighted by Crippen LogP contribution is -2.70. The molecule has 24 heavy (non-hydrogen) atoms. The average Bonchev–Trinajstić information content (AvgIpc) is 2.81. The van der Waals surface area contributed by atoms with E-state index in [0.29, 0.717) is 0 Å². The number of hydrogen-bond acceptors (Lipinski definition) is 5. The van der Waals surface area contributed by atoms with Crippen molar-refractivity contribution >= 4 is 24.4 Å². The molecule has 1 aromatic rings. The first-order chi connectivity index (χ1) is 11.1. The highest BCUT2D eigenvalue weighted by Crippen LogP contribution is 2.58. The van der Waals surface area contributed by atoms with Gasteiger partial charge in [0.2, 0.25) is 5.91 Å². The number of nitriles is 1. The fraction of sp³-hybridized carbons (Fsp3) is 0.529. The van der Waals surface area contributed by atoms with E-state index in [-0.39, 0.29) is 18.2 Å². The lowest BCUT2D eigenvalue weighted by molar-refractivity contribution is -0.168. The molecule has 2 amide bonds. The van der Waals surface area contributed by atoms with Crippen molar-refractivity contribution in [1.29, 1.82) is 5.26 Å². The fourth-order valence-electron chi connectivity index (χ4n) is 3.77. The second kappa shape index (κ2) is 4.96. The smallest absolute Gasteiger partial charge is 0.259 e. The molecule has 2 aliphatic rings. The Morgan fingerprint density at radius 2 is 2.00 bits per heavy atom. The molecular weight excluding hydrogens is 324 g/mol. The highest BCUT2D eigenvalue weighted by Gasteiger charge is 2.68. The van der Waals surface area contributed by atoms with Crippen molar-refractivity contribution in [3.05, 3.63) is 30.1 Å². The van der Waals surface area contributed by atoms with Crippen molar-refractivity contribution in [2.24, 2.45) is 5.41 Å². The number of piperazine rings is 1. The summed E-state index contributed by atoms with van der Waals surface area (Å²) in [6, 6.07) is 5.33. The maximum Gasteiger partial charge on any atom is 0.259 e. The summed E-state index contributed by atoms with van der Waals surface area (Å²) in [5.74, 6) is -0.476. The minimum Gasteiger partial charge on any atom is -0.329 e. The maximum absolute atomic E-state index is 13.2. The monoisotopic (exact) mass is 344 g/mol. The van der Waals surface area contributed by atoms with E-state index in [1.54, 1.807) is 46.3 Å². The molecule has 1 aromatic heterocycles. The summed E-state index contributed by atoms with van der Waals surface area (Å²) in [5, 5.41) is 9.82. The van der Waals surface area contributed by atoms with Gasteiger partial charge >= 0.3 is 0 Å². The van der Waals surface area contributed by atoms with E-state index in [2.05, 4.69) is 23.7 Å². The second-order valence-corrected chi connectivity index (χ2v) is 8.05. The van der Waals surface area contributed by atoms with Crippen LogP contribution in [0.3, 0.4) is 0 Å². The number of hydrogen-bond donors (Lipinski definition) is 1. The molecule has 6 nitrogen and oxygen atoms in total. The van der Waals surface area contributed by atoms with Crippen LogP contribution in [0, 0.1) is 16.7 Å². The third-order valence-electron chi connectivity index (χ3n) is 5.36. The van der Waals surface area contributed by atoms with Crippen molar-refractivity contribution in [3.8, 4) is 6.07 Å². The van der Waals surface area contributed by atoms with E-state index in [0.717, 1.165) is 5.56 Å². The average molecular weight is 344 g/mol. The van der Waals surface area contributed by atoms with Gasteiger partial charge in [0.05, 0.1) is 17.5 Å². The molecular formula is C17H20N4O2S. The van der Waals surface area contributed by atoms with Crippen molar-refractivity contribution in [2.45, 2.75) is 43.6 Å². The van der Waals surface area contributed by atoms with Crippen LogP contribution in [-0.4, -0.2) is 44.1 Å². The van der Waals surface area contributed by atoms with Gasteiger partial charge in [-0.2, -0.15) is 5.26 Å². The first-order valence-corrected chi connectivity index (χ1v) is 8.20. The zero-order chi connectivity index (χ0) is 17.9. The van der Waals surface area contributed by atoms with Gasteiger partial charge in [0.1, 0.15) is 5.54 Å². The van der Waals surface area contributed by atoms with E-state index in [1.807, 2.05) is 6.07 Å². The highest BCUT2D eigenvalue weighted by molar-refractivity contribution is 7.82. The van der Waals surface area contributed by atoms with Crippen LogP contribution in [-0.2, 0) is 9.59 Å². The molecule has 7 heteroatoms. The Kier molecular flexibility index (Phi) is 3.47. The first-order valence-electron chi connectivity index (χ1n) is 7.75. The van der Waals surface area contributed by atoms with Crippen LogP contribution in [0.25, 0.3) is 0 Å². The molecule has 126 valence electrons. The van der Waals surface area contributed by atoms with Crippen molar-refractivity contribution in [1.82, 2.24) is 14.8 Å². The molecule has 3 heterocycles. The van der Waals surface area contributed by atoms with E-state index in [9.17, 15) is 14.9 Å². The summed E-state index contributed by atoms with van der Waals surface area (Å²) < 4.78 is 0. The predicted molar refractivity (Wildman–Crippen MR) is 90.7 cm³/mol. The number of carbonyl (C=O) groups is 2. The number of nitrogens with zero attached hydrogens (tertiary/aromatic N) is 4. The van der Waals surface area contributed by atoms with Gasteiger partial charge in [-0.15, -0.1) is 12.6 Å². The minimum absolute atomic E-state index is 0.171. The summed E-state index contributed by atoms with van der Waals surface area (Å²) >= 11 is 4.62. The molecule has 2 saturated heterocycles. The second-order valence-electron chi connectivity index (χ2n) is 7.31. The van der Waals surface area contributed by atoms with Gasteiger partial charge in [-0.05, 0) is 32.4 Å². The van der Waals surface area contributed by atoms with Crippen LogP contribution in [0.1, 0.15) is 38.8 Å². The summed E-state index contributed by atoms with van der Waals surface area (Å²) in [6.07, 6.45) is 3.45. The minimum atomic E-state index is -1.33. The Bertz CT molecular complexity index is 760. The number of carbonyl (C=O) groups excluding carboxylic acids is 2. The largest absolute Gasteiger partial charge is 0.329 e. The van der Waals surface area contributed by atoms with Crippen LogP contribution >= 0.6 is 12.6 Å². The molecule has 0 saturated carbocycles. The van der Waals surface area contributed by atoms with Crippen molar-refractivity contribution < 1.29 is 9.59 Å². The Labute approximate surface area is 146 Å². The van der Waals surface area contributed by atoms with Gasteiger partial charge in [-0.3, -0.25) is 14.6 Å². The fourth-order valence-corrected chi connectivity index (χ4v) is 4.46. The predicted octanol–water partition coefficient (Wildman–Crippen LogP) is 1.76. The summed E-state index contributed by atoms with van der Waals surface area (Å²) in [6.45, 7) is 5.19. The number of fused-ring (bicyclic) bond motifs is 1. The lowest BCUT2D eigenvalue weighted by Gasteiger charge is -2.51. The molecule has 0 bridgehead atoms. The van der Waals surface area contributed by atoms with E-state index in [1.165, 1.54) is 9.80 Å². The van der Waals surface area contributed by atoms with E-state index < -0.39 is 21.9 Å². The van der Waals surface area contributed by atoms with Crippen LogP contribution in [0.15, 0.2) is 24.5 Å². The number of amides is 2. The van der Waals surface area contributed by atoms with Gasteiger partial charge in [-0.1, -0.05) is 6.07 Å². The molecule has 0 radical (unpaired) electrons. The molecule has 0 aliphatic carbocycles. The Hall–Kier alpha value is -2.07. The Morgan fingerprint density at radius 3 is 2.54 bits per heavy atom. The topological polar surface area (TPSA) is 77.3 Å².